The van der Waals surface area contributed by atoms with Crippen LogP contribution in [-0.2, 0) is 16.6 Å². The third-order valence-corrected chi connectivity index (χ3v) is 5.36. The number of nitrogens with two attached hydrogens (primary N) is 1. The molecule has 110 valence electrons. The summed E-state index contributed by atoms with van der Waals surface area (Å²) in [5.41, 5.74) is 6.89. The molecule has 1 aromatic heterocycles. The predicted octanol–water partition coefficient (Wildman–Crippen LogP) is 1.85. The average molecular weight is 320 g/mol. The van der Waals surface area contributed by atoms with Crippen molar-refractivity contribution < 1.29 is 8.42 Å². The van der Waals surface area contributed by atoms with Crippen LogP contribution in [0.4, 0.5) is 0 Å². The summed E-state index contributed by atoms with van der Waals surface area (Å²) in [6.45, 7) is 2.28. The molecule has 0 radical (unpaired) electrons. The van der Waals surface area contributed by atoms with Crippen molar-refractivity contribution in [2.24, 2.45) is 5.73 Å². The number of aryl methyl sites for hydroxylation is 1. The fraction of sp³-hybridized carbons (Fsp3) is 0.200. The highest BCUT2D eigenvalue weighted by Crippen LogP contribution is 2.18. The summed E-state index contributed by atoms with van der Waals surface area (Å²) in [4.78, 5) is 1.18. The number of hydrogen-bond donors (Lipinski definition) is 2. The minimum absolute atomic E-state index is 0.225. The number of hydrogen-bond acceptors (Lipinski definition) is 4. The Labute approximate surface area is 129 Å². The molecule has 0 saturated carbocycles. The van der Waals surface area contributed by atoms with Gasteiger partial charge in [-0.3, -0.25) is 0 Å². The molecule has 0 atom stereocenters. The van der Waals surface area contributed by atoms with E-state index >= 15 is 0 Å². The van der Waals surface area contributed by atoms with Crippen molar-refractivity contribution in [3.05, 3.63) is 51.7 Å². The molecule has 4 nitrogen and oxygen atoms in total. The fourth-order valence-electron chi connectivity index (χ4n) is 1.83. The average Bonchev–Trinajstić information content (AvgIpc) is 2.91. The van der Waals surface area contributed by atoms with E-state index in [9.17, 15) is 8.42 Å². The van der Waals surface area contributed by atoms with Crippen LogP contribution in [0.25, 0.3) is 0 Å². The van der Waals surface area contributed by atoms with E-state index < -0.39 is 10.0 Å². The van der Waals surface area contributed by atoms with Gasteiger partial charge >= 0.3 is 0 Å². The number of sulfonamides is 1. The normalized spacial score (nSPS) is 11.0. The summed E-state index contributed by atoms with van der Waals surface area (Å²) in [6, 6.07) is 8.77. The van der Waals surface area contributed by atoms with Gasteiger partial charge in [0, 0.05) is 17.0 Å². The maximum Gasteiger partial charge on any atom is 0.241 e. The largest absolute Gasteiger partial charge is 0.320 e. The standard InChI is InChI=1S/C15H16N2O2S2/c1-12-5-2-3-7-15(12)21(18,19)17-11-14-13(6-4-9-16)8-10-20-14/h2-3,5,7-8,10,17H,9,11,16H2,1H3. The van der Waals surface area contributed by atoms with E-state index in [0.29, 0.717) is 4.90 Å². The lowest BCUT2D eigenvalue weighted by atomic mass is 10.2. The molecule has 1 aromatic carbocycles. The summed E-state index contributed by atoms with van der Waals surface area (Å²) in [7, 11) is -3.52. The molecule has 0 aliphatic heterocycles. The molecule has 6 heteroatoms. The van der Waals surface area contributed by atoms with Gasteiger partial charge in [0.15, 0.2) is 0 Å². The SMILES string of the molecule is Cc1ccccc1S(=O)(=O)NCc1sccc1C#CCN. The minimum Gasteiger partial charge on any atom is -0.320 e. The first-order chi connectivity index (χ1) is 10.0. The Balaban J connectivity index is 2.17. The third-order valence-electron chi connectivity index (χ3n) is 2.88. The molecule has 0 fully saturated rings. The lowest BCUT2D eigenvalue weighted by Gasteiger charge is -2.08. The van der Waals surface area contributed by atoms with Gasteiger partial charge in [-0.05, 0) is 30.0 Å². The van der Waals surface area contributed by atoms with E-state index in [1.165, 1.54) is 11.3 Å². The Hall–Kier alpha value is -1.65. The van der Waals surface area contributed by atoms with Crippen LogP contribution in [0.5, 0.6) is 0 Å². The molecule has 0 saturated heterocycles. The van der Waals surface area contributed by atoms with Crippen molar-refractivity contribution in [1.29, 1.82) is 0 Å². The summed E-state index contributed by atoms with van der Waals surface area (Å²) in [6.07, 6.45) is 0. The van der Waals surface area contributed by atoms with Gasteiger partial charge in [0.05, 0.1) is 11.4 Å². The predicted molar refractivity (Wildman–Crippen MR) is 85.5 cm³/mol. The van der Waals surface area contributed by atoms with E-state index in [1.807, 2.05) is 17.5 Å². The molecular formula is C15H16N2O2S2. The minimum atomic E-state index is -3.52. The fourth-order valence-corrected chi connectivity index (χ4v) is 3.93. The van der Waals surface area contributed by atoms with Crippen LogP contribution in [-0.4, -0.2) is 15.0 Å². The Bertz CT molecular complexity index is 783. The molecule has 21 heavy (non-hydrogen) atoms. The summed E-state index contributed by atoms with van der Waals surface area (Å²) >= 11 is 1.47. The first kappa shape index (κ1) is 15.7. The molecule has 3 N–H and O–H groups in total. The van der Waals surface area contributed by atoms with Crippen molar-refractivity contribution in [2.75, 3.05) is 6.54 Å². The quantitative estimate of drug-likeness (QED) is 0.845. The van der Waals surface area contributed by atoms with Gasteiger partial charge in [-0.1, -0.05) is 30.0 Å². The topological polar surface area (TPSA) is 72.2 Å². The van der Waals surface area contributed by atoms with Crippen LogP contribution in [0, 0.1) is 18.8 Å². The molecule has 1 heterocycles. The van der Waals surface area contributed by atoms with Gasteiger partial charge in [0.25, 0.3) is 0 Å². The van der Waals surface area contributed by atoms with Crippen LogP contribution < -0.4 is 10.5 Å². The molecule has 0 aliphatic carbocycles. The molecule has 0 amide bonds. The lowest BCUT2D eigenvalue weighted by Crippen LogP contribution is -2.23. The second-order valence-electron chi connectivity index (χ2n) is 4.35. The van der Waals surface area contributed by atoms with Crippen LogP contribution >= 0.6 is 11.3 Å². The van der Waals surface area contributed by atoms with Crippen LogP contribution in [0.1, 0.15) is 16.0 Å². The Morgan fingerprint density at radius 3 is 2.76 bits per heavy atom. The number of nitrogens with one attached hydrogen (secondary N) is 1. The zero-order chi connectivity index (χ0) is 15.3. The first-order valence-corrected chi connectivity index (χ1v) is 8.71. The van der Waals surface area contributed by atoms with E-state index in [0.717, 1.165) is 16.0 Å². The van der Waals surface area contributed by atoms with Crippen LogP contribution in [0.15, 0.2) is 40.6 Å². The summed E-state index contributed by atoms with van der Waals surface area (Å²) in [5, 5.41) is 1.89. The number of rotatable bonds is 4. The van der Waals surface area contributed by atoms with Crippen LogP contribution in [0.2, 0.25) is 0 Å². The Morgan fingerprint density at radius 2 is 2.05 bits per heavy atom. The first-order valence-electron chi connectivity index (χ1n) is 6.35. The molecule has 2 aromatic rings. The van der Waals surface area contributed by atoms with E-state index in [4.69, 9.17) is 5.73 Å². The maximum atomic E-state index is 12.3. The smallest absolute Gasteiger partial charge is 0.241 e. The number of thiophene rings is 1. The molecule has 0 bridgehead atoms. The highest BCUT2D eigenvalue weighted by Gasteiger charge is 2.16. The molecule has 0 spiro atoms. The van der Waals surface area contributed by atoms with Crippen molar-refractivity contribution in [3.63, 3.8) is 0 Å². The molecule has 0 unspecified atom stereocenters. The van der Waals surface area contributed by atoms with Gasteiger partial charge in [-0.15, -0.1) is 11.3 Å². The van der Waals surface area contributed by atoms with Crippen molar-refractivity contribution in [3.8, 4) is 11.8 Å². The number of benzene rings is 1. The second kappa shape index (κ2) is 6.87. The van der Waals surface area contributed by atoms with Gasteiger partial charge in [0.2, 0.25) is 10.0 Å². The van der Waals surface area contributed by atoms with E-state index in [2.05, 4.69) is 16.6 Å². The highest BCUT2D eigenvalue weighted by atomic mass is 32.2. The van der Waals surface area contributed by atoms with Crippen molar-refractivity contribution in [2.45, 2.75) is 18.4 Å². The zero-order valence-electron chi connectivity index (χ0n) is 11.6. The third kappa shape index (κ3) is 3.93. The highest BCUT2D eigenvalue weighted by molar-refractivity contribution is 7.89. The maximum absolute atomic E-state index is 12.3. The van der Waals surface area contributed by atoms with E-state index in [-0.39, 0.29) is 13.1 Å². The van der Waals surface area contributed by atoms with Gasteiger partial charge in [0.1, 0.15) is 0 Å². The summed E-state index contributed by atoms with van der Waals surface area (Å²) in [5.74, 6) is 5.72. The van der Waals surface area contributed by atoms with Gasteiger partial charge in [-0.2, -0.15) is 0 Å². The van der Waals surface area contributed by atoms with Crippen molar-refractivity contribution >= 4 is 21.4 Å². The Kier molecular flexibility index (Phi) is 5.15. The van der Waals surface area contributed by atoms with E-state index in [1.54, 1.807) is 25.1 Å². The van der Waals surface area contributed by atoms with Crippen molar-refractivity contribution in [1.82, 2.24) is 4.72 Å². The van der Waals surface area contributed by atoms with Gasteiger partial charge in [-0.25, -0.2) is 13.1 Å². The zero-order valence-corrected chi connectivity index (χ0v) is 13.2. The summed E-state index contributed by atoms with van der Waals surface area (Å²) < 4.78 is 27.2. The second-order valence-corrected chi connectivity index (χ2v) is 7.09. The molecule has 2 rings (SSSR count). The Morgan fingerprint density at radius 1 is 1.29 bits per heavy atom. The monoisotopic (exact) mass is 320 g/mol. The van der Waals surface area contributed by atoms with Crippen LogP contribution in [0.3, 0.4) is 0 Å². The molecular weight excluding hydrogens is 304 g/mol. The lowest BCUT2D eigenvalue weighted by molar-refractivity contribution is 0.581. The van der Waals surface area contributed by atoms with Gasteiger partial charge < -0.3 is 5.73 Å². The molecule has 0 aliphatic rings.